The van der Waals surface area contributed by atoms with Gasteiger partial charge in [0, 0.05) is 7.05 Å². The van der Waals surface area contributed by atoms with Gasteiger partial charge in [0.1, 0.15) is 22.8 Å². The molecule has 1 aromatic rings. The highest BCUT2D eigenvalue weighted by atomic mass is 32.2. The Morgan fingerprint density at radius 1 is 1.38 bits per heavy atom. The van der Waals surface area contributed by atoms with Gasteiger partial charge in [-0.25, -0.2) is 13.2 Å². The van der Waals surface area contributed by atoms with Crippen molar-refractivity contribution in [2.24, 2.45) is 0 Å². The number of furan rings is 1. The number of carboxylic acids is 1. The highest BCUT2D eigenvalue weighted by Crippen LogP contribution is 2.16. The van der Waals surface area contributed by atoms with E-state index in [1.54, 1.807) is 6.92 Å². The van der Waals surface area contributed by atoms with Crippen molar-refractivity contribution in [2.75, 3.05) is 18.6 Å². The number of amides is 1. The van der Waals surface area contributed by atoms with E-state index in [9.17, 15) is 18.0 Å². The number of sulfone groups is 1. The van der Waals surface area contributed by atoms with Crippen molar-refractivity contribution in [1.82, 2.24) is 4.90 Å². The molecule has 0 fully saturated rings. The van der Waals surface area contributed by atoms with Crippen LogP contribution in [0.1, 0.15) is 35.2 Å². The second kappa shape index (κ2) is 6.75. The molecule has 1 amide bonds. The van der Waals surface area contributed by atoms with Crippen molar-refractivity contribution in [3.8, 4) is 0 Å². The molecule has 1 heterocycles. The van der Waals surface area contributed by atoms with Crippen molar-refractivity contribution >= 4 is 21.7 Å². The Balaban J connectivity index is 2.73. The van der Waals surface area contributed by atoms with Crippen LogP contribution in [0, 0.1) is 6.92 Å². The zero-order valence-corrected chi connectivity index (χ0v) is 13.1. The van der Waals surface area contributed by atoms with Gasteiger partial charge in [0.25, 0.3) is 0 Å². The van der Waals surface area contributed by atoms with Crippen molar-refractivity contribution in [1.29, 1.82) is 0 Å². The molecule has 1 rings (SSSR count). The molecule has 8 heteroatoms. The summed E-state index contributed by atoms with van der Waals surface area (Å²) in [5.41, 5.74) is 0.0319. The van der Waals surface area contributed by atoms with E-state index in [-0.39, 0.29) is 23.6 Å². The predicted molar refractivity (Wildman–Crippen MR) is 75.8 cm³/mol. The summed E-state index contributed by atoms with van der Waals surface area (Å²) in [6, 6.07) is 1.34. The summed E-state index contributed by atoms with van der Waals surface area (Å²) in [5, 5.41) is 8.91. The molecule has 1 N–H and O–H groups in total. The van der Waals surface area contributed by atoms with Crippen LogP contribution in [0.15, 0.2) is 10.5 Å². The lowest BCUT2D eigenvalue weighted by molar-refractivity contribution is -0.127. The molecular formula is C13H19NO6S. The molecule has 0 aliphatic rings. The maximum absolute atomic E-state index is 11.9. The highest BCUT2D eigenvalue weighted by Gasteiger charge is 2.21. The molecule has 0 atom stereocenters. The van der Waals surface area contributed by atoms with Gasteiger partial charge in [-0.3, -0.25) is 4.79 Å². The number of rotatable bonds is 7. The fourth-order valence-corrected chi connectivity index (χ4v) is 3.20. The summed E-state index contributed by atoms with van der Waals surface area (Å²) < 4.78 is 28.4. The van der Waals surface area contributed by atoms with Gasteiger partial charge in [-0.2, -0.15) is 0 Å². The number of aryl methyl sites for hydroxylation is 1. The second-order valence-electron chi connectivity index (χ2n) is 4.83. The SMILES string of the molecule is CCCS(=O)(=O)CC(=O)N(C)Cc1cc(C(=O)O)c(C)o1. The zero-order chi connectivity index (χ0) is 16.2. The lowest BCUT2D eigenvalue weighted by Gasteiger charge is -2.15. The van der Waals surface area contributed by atoms with Crippen molar-refractivity contribution in [2.45, 2.75) is 26.8 Å². The van der Waals surface area contributed by atoms with E-state index < -0.39 is 27.5 Å². The summed E-state index contributed by atoms with van der Waals surface area (Å²) in [6.07, 6.45) is 0.457. The standard InChI is InChI=1S/C13H19NO6S/c1-4-5-21(18,19)8-12(15)14(3)7-10-6-11(13(16)17)9(2)20-10/h6H,4-5,7-8H2,1-3H3,(H,16,17). The number of nitrogens with zero attached hydrogens (tertiary/aromatic N) is 1. The Bertz CT molecular complexity index is 631. The molecule has 0 bridgehead atoms. The Hall–Kier alpha value is -1.83. The first-order chi connectivity index (χ1) is 9.66. The van der Waals surface area contributed by atoms with Gasteiger partial charge < -0.3 is 14.4 Å². The summed E-state index contributed by atoms with van der Waals surface area (Å²) in [4.78, 5) is 24.0. The van der Waals surface area contributed by atoms with Crippen LogP contribution in [0.2, 0.25) is 0 Å². The first kappa shape index (κ1) is 17.2. The quantitative estimate of drug-likeness (QED) is 0.806. The van der Waals surface area contributed by atoms with Gasteiger partial charge in [-0.05, 0) is 19.4 Å². The third kappa shape index (κ3) is 4.89. The fraction of sp³-hybridized carbons (Fsp3) is 0.538. The molecule has 0 aliphatic heterocycles. The first-order valence-corrected chi connectivity index (χ1v) is 8.25. The summed E-state index contributed by atoms with van der Waals surface area (Å²) in [5.74, 6) is -1.69. The molecule has 0 spiro atoms. The van der Waals surface area contributed by atoms with Crippen LogP contribution >= 0.6 is 0 Å². The molecule has 0 saturated carbocycles. The maximum atomic E-state index is 11.9. The van der Waals surface area contributed by atoms with Gasteiger partial charge in [0.15, 0.2) is 9.84 Å². The Morgan fingerprint density at radius 3 is 2.48 bits per heavy atom. The molecule has 0 unspecified atom stereocenters. The molecule has 1 aromatic heterocycles. The monoisotopic (exact) mass is 317 g/mol. The third-order valence-electron chi connectivity index (χ3n) is 2.88. The van der Waals surface area contributed by atoms with Gasteiger partial charge in [-0.1, -0.05) is 6.92 Å². The molecule has 0 saturated heterocycles. The minimum Gasteiger partial charge on any atom is -0.478 e. The van der Waals surface area contributed by atoms with E-state index in [1.165, 1.54) is 24.9 Å². The minimum absolute atomic E-state index is 0.0224. The zero-order valence-electron chi connectivity index (χ0n) is 12.2. The van der Waals surface area contributed by atoms with Gasteiger partial charge in [-0.15, -0.1) is 0 Å². The Kier molecular flexibility index (Phi) is 5.54. The number of hydrogen-bond donors (Lipinski definition) is 1. The van der Waals surface area contributed by atoms with Crippen LogP contribution < -0.4 is 0 Å². The predicted octanol–water partition coefficient (Wildman–Crippen LogP) is 1.07. The van der Waals surface area contributed by atoms with Crippen LogP contribution in [-0.4, -0.2) is 48.9 Å². The fourth-order valence-electron chi connectivity index (χ4n) is 1.84. The summed E-state index contributed by atoms with van der Waals surface area (Å²) in [6.45, 7) is 3.26. The highest BCUT2D eigenvalue weighted by molar-refractivity contribution is 7.92. The summed E-state index contributed by atoms with van der Waals surface area (Å²) in [7, 11) is -1.95. The molecule has 21 heavy (non-hydrogen) atoms. The van der Waals surface area contributed by atoms with Gasteiger partial charge in [0.2, 0.25) is 5.91 Å². The van der Waals surface area contributed by atoms with E-state index in [2.05, 4.69) is 0 Å². The molecule has 0 aromatic carbocycles. The van der Waals surface area contributed by atoms with E-state index >= 15 is 0 Å². The van der Waals surface area contributed by atoms with Crippen LogP contribution in [-0.2, 0) is 21.2 Å². The van der Waals surface area contributed by atoms with Crippen LogP contribution in [0.4, 0.5) is 0 Å². The molecule has 0 aliphatic carbocycles. The number of carbonyl (C=O) groups is 2. The van der Waals surface area contributed by atoms with Crippen molar-refractivity contribution < 1.29 is 27.5 Å². The normalized spacial score (nSPS) is 11.4. The topological polar surface area (TPSA) is 105 Å². The van der Waals surface area contributed by atoms with Crippen molar-refractivity contribution in [3.05, 3.63) is 23.2 Å². The Morgan fingerprint density at radius 2 is 2.00 bits per heavy atom. The van der Waals surface area contributed by atoms with E-state index in [1.807, 2.05) is 0 Å². The lowest BCUT2D eigenvalue weighted by atomic mass is 10.2. The smallest absolute Gasteiger partial charge is 0.339 e. The van der Waals surface area contributed by atoms with E-state index in [0.717, 1.165) is 0 Å². The Labute approximate surface area is 123 Å². The van der Waals surface area contributed by atoms with Crippen molar-refractivity contribution in [3.63, 3.8) is 0 Å². The van der Waals surface area contributed by atoms with Crippen LogP contribution in [0.5, 0.6) is 0 Å². The van der Waals surface area contributed by atoms with Crippen LogP contribution in [0.25, 0.3) is 0 Å². The second-order valence-corrected chi connectivity index (χ2v) is 7.01. The first-order valence-electron chi connectivity index (χ1n) is 6.43. The molecular weight excluding hydrogens is 298 g/mol. The van der Waals surface area contributed by atoms with Crippen LogP contribution in [0.3, 0.4) is 0 Å². The average Bonchev–Trinajstić information content (AvgIpc) is 2.69. The number of aromatic carboxylic acids is 1. The summed E-state index contributed by atoms with van der Waals surface area (Å²) >= 11 is 0. The van der Waals surface area contributed by atoms with Gasteiger partial charge >= 0.3 is 5.97 Å². The molecule has 7 nitrogen and oxygen atoms in total. The largest absolute Gasteiger partial charge is 0.478 e. The average molecular weight is 317 g/mol. The number of carboxylic acid groups (broad SMARTS) is 1. The third-order valence-corrected chi connectivity index (χ3v) is 4.59. The number of hydrogen-bond acceptors (Lipinski definition) is 5. The maximum Gasteiger partial charge on any atom is 0.339 e. The van der Waals surface area contributed by atoms with Gasteiger partial charge in [0.05, 0.1) is 12.3 Å². The van der Waals surface area contributed by atoms with E-state index in [4.69, 9.17) is 9.52 Å². The number of carbonyl (C=O) groups excluding carboxylic acids is 1. The molecule has 0 radical (unpaired) electrons. The molecule has 118 valence electrons. The minimum atomic E-state index is -3.40. The van der Waals surface area contributed by atoms with E-state index in [0.29, 0.717) is 12.2 Å². The lowest BCUT2D eigenvalue weighted by Crippen LogP contribution is -2.32.